The Kier molecular flexibility index (Phi) is 4.01. The van der Waals surface area contributed by atoms with Gasteiger partial charge in [-0.1, -0.05) is 17.7 Å². The van der Waals surface area contributed by atoms with Gasteiger partial charge in [0.2, 0.25) is 5.95 Å². The van der Waals surface area contributed by atoms with Crippen molar-refractivity contribution in [1.82, 2.24) is 15.0 Å². The number of hydrogen-bond donors (Lipinski definition) is 2. The molecule has 2 aromatic rings. The molecule has 0 aliphatic heterocycles. The molecule has 0 fully saturated rings. The monoisotopic (exact) mass is 278 g/mol. The maximum atomic E-state index is 5.82. The second-order valence-electron chi connectivity index (χ2n) is 4.17. The Morgan fingerprint density at radius 3 is 2.84 bits per heavy atom. The summed E-state index contributed by atoms with van der Waals surface area (Å²) in [5.41, 5.74) is 6.60. The van der Waals surface area contributed by atoms with Gasteiger partial charge in [0.15, 0.2) is 0 Å². The van der Waals surface area contributed by atoms with Crippen LogP contribution in [0.1, 0.15) is 5.56 Å². The van der Waals surface area contributed by atoms with E-state index in [9.17, 15) is 0 Å². The van der Waals surface area contributed by atoms with Gasteiger partial charge in [0.05, 0.1) is 0 Å². The lowest BCUT2D eigenvalue weighted by Crippen LogP contribution is -2.15. The predicted octanol–water partition coefficient (Wildman–Crippen LogP) is 1.79. The van der Waals surface area contributed by atoms with Crippen LogP contribution in [-0.2, 0) is 6.54 Å². The van der Waals surface area contributed by atoms with Crippen LogP contribution < -0.4 is 16.0 Å². The molecule has 2 rings (SSSR count). The molecule has 0 aliphatic carbocycles. The topological polar surface area (TPSA) is 80.0 Å². The molecule has 3 N–H and O–H groups in total. The van der Waals surface area contributed by atoms with Crippen LogP contribution in [0.25, 0.3) is 0 Å². The summed E-state index contributed by atoms with van der Waals surface area (Å²) in [5.74, 6) is 1.64. The fourth-order valence-electron chi connectivity index (χ4n) is 1.68. The molecule has 0 amide bonds. The molecule has 0 radical (unpaired) electrons. The lowest BCUT2D eigenvalue weighted by Gasteiger charge is -2.16. The van der Waals surface area contributed by atoms with Crippen LogP contribution in [-0.4, -0.2) is 29.0 Å². The molecule has 0 aromatic carbocycles. The van der Waals surface area contributed by atoms with Crippen molar-refractivity contribution in [2.24, 2.45) is 0 Å². The van der Waals surface area contributed by atoms with Crippen LogP contribution in [0.4, 0.5) is 17.6 Å². The second kappa shape index (κ2) is 5.71. The van der Waals surface area contributed by atoms with E-state index in [1.807, 2.05) is 31.1 Å². The van der Waals surface area contributed by atoms with Gasteiger partial charge in [-0.15, -0.1) is 0 Å². The first-order valence-electron chi connectivity index (χ1n) is 5.71. The SMILES string of the molecule is CN(C)c1ncccc1CNc1cc(Cl)nc(N)n1. The van der Waals surface area contributed by atoms with Gasteiger partial charge in [0, 0.05) is 38.5 Å². The third-order valence-corrected chi connectivity index (χ3v) is 2.66. The Labute approximate surface area is 116 Å². The van der Waals surface area contributed by atoms with Gasteiger partial charge in [-0.3, -0.25) is 0 Å². The van der Waals surface area contributed by atoms with Crippen molar-refractivity contribution in [3.8, 4) is 0 Å². The van der Waals surface area contributed by atoms with E-state index in [-0.39, 0.29) is 5.95 Å². The lowest BCUT2D eigenvalue weighted by atomic mass is 10.2. The number of nitrogen functional groups attached to an aromatic ring is 1. The number of rotatable bonds is 4. The highest BCUT2D eigenvalue weighted by Crippen LogP contribution is 2.17. The van der Waals surface area contributed by atoms with E-state index in [0.29, 0.717) is 17.5 Å². The number of pyridine rings is 1. The van der Waals surface area contributed by atoms with Crippen molar-refractivity contribution in [2.45, 2.75) is 6.54 Å². The third kappa shape index (κ3) is 3.45. The summed E-state index contributed by atoms with van der Waals surface area (Å²) in [6.07, 6.45) is 1.76. The summed E-state index contributed by atoms with van der Waals surface area (Å²) >= 11 is 5.82. The third-order valence-electron chi connectivity index (χ3n) is 2.46. The second-order valence-corrected chi connectivity index (χ2v) is 4.56. The Balaban J connectivity index is 2.14. The molecule has 19 heavy (non-hydrogen) atoms. The summed E-state index contributed by atoms with van der Waals surface area (Å²) in [7, 11) is 3.90. The van der Waals surface area contributed by atoms with E-state index in [4.69, 9.17) is 17.3 Å². The first kappa shape index (κ1) is 13.4. The summed E-state index contributed by atoms with van der Waals surface area (Å²) in [4.78, 5) is 14.2. The van der Waals surface area contributed by atoms with Crippen LogP contribution in [0.5, 0.6) is 0 Å². The molecule has 2 heterocycles. The molecule has 7 heteroatoms. The number of anilines is 3. The number of nitrogens with two attached hydrogens (primary N) is 1. The molecular formula is C12H15ClN6. The molecule has 0 atom stereocenters. The van der Waals surface area contributed by atoms with Gasteiger partial charge in [-0.2, -0.15) is 4.98 Å². The molecule has 100 valence electrons. The fourth-order valence-corrected chi connectivity index (χ4v) is 1.87. The smallest absolute Gasteiger partial charge is 0.223 e. The molecule has 0 unspecified atom stereocenters. The van der Waals surface area contributed by atoms with Crippen LogP contribution in [0, 0.1) is 0 Å². The van der Waals surface area contributed by atoms with Crippen molar-refractivity contribution in [3.63, 3.8) is 0 Å². The zero-order valence-electron chi connectivity index (χ0n) is 10.8. The average molecular weight is 279 g/mol. The summed E-state index contributed by atoms with van der Waals surface area (Å²) in [6.45, 7) is 0.578. The first-order valence-corrected chi connectivity index (χ1v) is 6.09. The molecule has 0 bridgehead atoms. The zero-order chi connectivity index (χ0) is 13.8. The normalized spacial score (nSPS) is 10.3. The predicted molar refractivity (Wildman–Crippen MR) is 77.3 cm³/mol. The number of nitrogens with zero attached hydrogens (tertiary/aromatic N) is 4. The summed E-state index contributed by atoms with van der Waals surface area (Å²) in [5, 5.41) is 3.47. The van der Waals surface area contributed by atoms with Crippen LogP contribution in [0.15, 0.2) is 24.4 Å². The highest BCUT2D eigenvalue weighted by atomic mass is 35.5. The van der Waals surface area contributed by atoms with Crippen molar-refractivity contribution >= 4 is 29.2 Å². The number of hydrogen-bond acceptors (Lipinski definition) is 6. The minimum atomic E-state index is 0.147. The molecule has 2 aromatic heterocycles. The van der Waals surface area contributed by atoms with Crippen molar-refractivity contribution < 1.29 is 0 Å². The Bertz CT molecular complexity index is 552. The molecule has 6 nitrogen and oxygen atoms in total. The van der Waals surface area contributed by atoms with Crippen LogP contribution >= 0.6 is 11.6 Å². The molecule has 0 spiro atoms. The van der Waals surface area contributed by atoms with Gasteiger partial charge >= 0.3 is 0 Å². The minimum Gasteiger partial charge on any atom is -0.368 e. The van der Waals surface area contributed by atoms with E-state index < -0.39 is 0 Å². The molecule has 0 aliphatic rings. The van der Waals surface area contributed by atoms with Crippen molar-refractivity contribution in [1.29, 1.82) is 0 Å². The molecule has 0 saturated heterocycles. The van der Waals surface area contributed by atoms with Crippen molar-refractivity contribution in [2.75, 3.05) is 30.0 Å². The molecular weight excluding hydrogens is 264 g/mol. The Morgan fingerprint density at radius 1 is 1.37 bits per heavy atom. The quantitative estimate of drug-likeness (QED) is 0.830. The average Bonchev–Trinajstić information content (AvgIpc) is 2.35. The summed E-state index contributed by atoms with van der Waals surface area (Å²) < 4.78 is 0. The highest BCUT2D eigenvalue weighted by molar-refractivity contribution is 6.29. The highest BCUT2D eigenvalue weighted by Gasteiger charge is 2.06. The number of halogens is 1. The van der Waals surface area contributed by atoms with Gasteiger partial charge < -0.3 is 16.0 Å². The van der Waals surface area contributed by atoms with Crippen molar-refractivity contribution in [3.05, 3.63) is 35.1 Å². The lowest BCUT2D eigenvalue weighted by molar-refractivity contribution is 1.00. The van der Waals surface area contributed by atoms with Gasteiger partial charge in [-0.05, 0) is 6.07 Å². The number of aromatic nitrogens is 3. The number of nitrogens with one attached hydrogen (secondary N) is 1. The Hall–Kier alpha value is -2.08. The van der Waals surface area contributed by atoms with Gasteiger partial charge in [-0.25, -0.2) is 9.97 Å². The fraction of sp³-hybridized carbons (Fsp3) is 0.250. The van der Waals surface area contributed by atoms with Crippen LogP contribution in [0.2, 0.25) is 5.15 Å². The summed E-state index contributed by atoms with van der Waals surface area (Å²) in [6, 6.07) is 5.52. The maximum absolute atomic E-state index is 5.82. The maximum Gasteiger partial charge on any atom is 0.223 e. The van der Waals surface area contributed by atoms with Gasteiger partial charge in [0.25, 0.3) is 0 Å². The van der Waals surface area contributed by atoms with Gasteiger partial charge in [0.1, 0.15) is 16.8 Å². The van der Waals surface area contributed by atoms with E-state index in [1.54, 1.807) is 12.3 Å². The van der Waals surface area contributed by atoms with E-state index >= 15 is 0 Å². The van der Waals surface area contributed by atoms with E-state index in [2.05, 4.69) is 20.3 Å². The van der Waals surface area contributed by atoms with E-state index in [1.165, 1.54) is 0 Å². The van der Waals surface area contributed by atoms with Crippen LogP contribution in [0.3, 0.4) is 0 Å². The minimum absolute atomic E-state index is 0.147. The first-order chi connectivity index (χ1) is 9.06. The van der Waals surface area contributed by atoms with E-state index in [0.717, 1.165) is 11.4 Å². The zero-order valence-corrected chi connectivity index (χ0v) is 11.5. The largest absolute Gasteiger partial charge is 0.368 e. The molecule has 0 saturated carbocycles. The standard InChI is InChI=1S/C12H15ClN6/c1-19(2)11-8(4-3-5-15-11)7-16-10-6-9(13)17-12(14)18-10/h3-6H,7H2,1-2H3,(H3,14,16,17,18). The Morgan fingerprint density at radius 2 is 2.16 bits per heavy atom.